The first-order valence-electron chi connectivity index (χ1n) is 9.06. The summed E-state index contributed by atoms with van der Waals surface area (Å²) in [7, 11) is 0. The van der Waals surface area contributed by atoms with Gasteiger partial charge in [-0.2, -0.15) is 10.2 Å². The van der Waals surface area contributed by atoms with Crippen LogP contribution >= 0.6 is 0 Å². The zero-order valence-corrected chi connectivity index (χ0v) is 16.0. The second-order valence-electron chi connectivity index (χ2n) is 6.66. The Labute approximate surface area is 158 Å². The number of hydrogen-bond acceptors (Lipinski definition) is 3. The van der Waals surface area contributed by atoms with Crippen LogP contribution in [0.1, 0.15) is 53.6 Å². The first-order valence-corrected chi connectivity index (χ1v) is 9.06. The van der Waals surface area contributed by atoms with E-state index in [-0.39, 0.29) is 17.8 Å². The molecule has 1 amide bonds. The van der Waals surface area contributed by atoms with Crippen molar-refractivity contribution in [3.63, 3.8) is 0 Å². The highest BCUT2D eigenvalue weighted by molar-refractivity contribution is 5.95. The number of amides is 1. The molecular weight excluding hydrogens is 345 g/mol. The Morgan fingerprint density at radius 3 is 2.81 bits per heavy atom. The molecule has 2 aromatic heterocycles. The van der Waals surface area contributed by atoms with Gasteiger partial charge in [-0.1, -0.05) is 13.0 Å². The van der Waals surface area contributed by atoms with Crippen molar-refractivity contribution < 1.29 is 9.18 Å². The highest BCUT2D eigenvalue weighted by Gasteiger charge is 2.19. The van der Waals surface area contributed by atoms with E-state index in [2.05, 4.69) is 22.4 Å². The topological polar surface area (TPSA) is 64.7 Å². The zero-order chi connectivity index (χ0) is 19.6. The fraction of sp³-hybridized carbons (Fsp3) is 0.350. The molecule has 3 rings (SSSR count). The van der Waals surface area contributed by atoms with Gasteiger partial charge in [-0.15, -0.1) is 0 Å². The van der Waals surface area contributed by atoms with E-state index in [0.29, 0.717) is 16.9 Å². The molecule has 0 unspecified atom stereocenters. The lowest BCUT2D eigenvalue weighted by molar-refractivity contribution is 0.0939. The molecule has 0 saturated carbocycles. The average Bonchev–Trinajstić information content (AvgIpc) is 3.18. The van der Waals surface area contributed by atoms with Gasteiger partial charge in [-0.25, -0.2) is 9.07 Å². The summed E-state index contributed by atoms with van der Waals surface area (Å²) in [4.78, 5) is 12.7. The third-order valence-corrected chi connectivity index (χ3v) is 4.56. The van der Waals surface area contributed by atoms with Crippen LogP contribution in [0, 0.1) is 19.7 Å². The van der Waals surface area contributed by atoms with Gasteiger partial charge in [0.2, 0.25) is 0 Å². The third kappa shape index (κ3) is 3.92. The van der Waals surface area contributed by atoms with E-state index < -0.39 is 0 Å². The van der Waals surface area contributed by atoms with E-state index in [1.807, 2.05) is 20.8 Å². The third-order valence-electron chi connectivity index (χ3n) is 4.56. The van der Waals surface area contributed by atoms with Crippen molar-refractivity contribution >= 4 is 5.91 Å². The number of carbonyl (C=O) groups excluding carboxylic acids is 1. The lowest BCUT2D eigenvalue weighted by Gasteiger charge is -2.14. The van der Waals surface area contributed by atoms with Crippen molar-refractivity contribution in [1.29, 1.82) is 0 Å². The molecular formula is C20H24FN5O. The molecule has 27 heavy (non-hydrogen) atoms. The minimum absolute atomic E-state index is 0.166. The fourth-order valence-corrected chi connectivity index (χ4v) is 3.15. The number of nitrogens with one attached hydrogen (secondary N) is 1. The SMILES string of the molecule is CCCn1cc(C(=O)N[C@@H](C)c2cnn(-c3cccc(F)c3)c2C)c(C)n1. The predicted octanol–water partition coefficient (Wildman–Crippen LogP) is 3.73. The van der Waals surface area contributed by atoms with Crippen LogP contribution in [-0.2, 0) is 6.54 Å². The van der Waals surface area contributed by atoms with Crippen LogP contribution in [0.25, 0.3) is 5.69 Å². The van der Waals surface area contributed by atoms with Crippen LogP contribution in [0.2, 0.25) is 0 Å². The van der Waals surface area contributed by atoms with Crippen LogP contribution in [0.3, 0.4) is 0 Å². The lowest BCUT2D eigenvalue weighted by atomic mass is 10.1. The molecule has 0 aliphatic carbocycles. The van der Waals surface area contributed by atoms with E-state index in [9.17, 15) is 9.18 Å². The number of nitrogens with zero attached hydrogens (tertiary/aromatic N) is 4. The van der Waals surface area contributed by atoms with Crippen molar-refractivity contribution in [2.75, 3.05) is 0 Å². The summed E-state index contributed by atoms with van der Waals surface area (Å²) in [5.41, 5.74) is 3.66. The molecule has 1 atom stereocenters. The summed E-state index contributed by atoms with van der Waals surface area (Å²) in [6, 6.07) is 6.02. The van der Waals surface area contributed by atoms with Gasteiger partial charge >= 0.3 is 0 Å². The zero-order valence-electron chi connectivity index (χ0n) is 16.0. The monoisotopic (exact) mass is 369 g/mol. The van der Waals surface area contributed by atoms with E-state index in [4.69, 9.17) is 0 Å². The van der Waals surface area contributed by atoms with Crippen LogP contribution < -0.4 is 5.32 Å². The van der Waals surface area contributed by atoms with Crippen LogP contribution in [0.15, 0.2) is 36.7 Å². The molecule has 2 heterocycles. The largest absolute Gasteiger partial charge is 0.345 e. The molecule has 0 radical (unpaired) electrons. The Morgan fingerprint density at radius 2 is 2.11 bits per heavy atom. The van der Waals surface area contributed by atoms with E-state index >= 15 is 0 Å². The molecule has 0 fully saturated rings. The molecule has 0 aliphatic heterocycles. The van der Waals surface area contributed by atoms with Crippen LogP contribution in [0.5, 0.6) is 0 Å². The first-order chi connectivity index (χ1) is 12.9. The molecule has 142 valence electrons. The van der Waals surface area contributed by atoms with E-state index in [1.165, 1.54) is 12.1 Å². The summed E-state index contributed by atoms with van der Waals surface area (Å²) in [5.74, 6) is -0.481. The second kappa shape index (κ2) is 7.73. The molecule has 1 N–H and O–H groups in total. The average molecular weight is 369 g/mol. The Morgan fingerprint density at radius 1 is 1.33 bits per heavy atom. The predicted molar refractivity (Wildman–Crippen MR) is 101 cm³/mol. The van der Waals surface area contributed by atoms with Gasteiger partial charge in [-0.05, 0) is 45.4 Å². The van der Waals surface area contributed by atoms with Crippen molar-refractivity contribution in [3.05, 3.63) is 65.0 Å². The Hall–Kier alpha value is -2.96. The molecule has 0 aliphatic rings. The summed E-state index contributed by atoms with van der Waals surface area (Å²) in [5, 5.41) is 11.7. The molecule has 3 aromatic rings. The number of benzene rings is 1. The quantitative estimate of drug-likeness (QED) is 0.720. The van der Waals surface area contributed by atoms with Gasteiger partial charge in [0, 0.05) is 24.0 Å². The number of aromatic nitrogens is 4. The maximum absolute atomic E-state index is 13.5. The summed E-state index contributed by atoms with van der Waals surface area (Å²) in [6.07, 6.45) is 4.44. The summed E-state index contributed by atoms with van der Waals surface area (Å²) in [6.45, 7) is 8.49. The Bertz CT molecular complexity index is 959. The number of carbonyl (C=O) groups is 1. The Kier molecular flexibility index (Phi) is 5.39. The van der Waals surface area contributed by atoms with E-state index in [0.717, 1.165) is 24.2 Å². The molecule has 7 heteroatoms. The standard InChI is InChI=1S/C20H24FN5O/c1-5-9-25-12-19(14(3)24-25)20(27)23-13(2)18-11-22-26(15(18)4)17-8-6-7-16(21)10-17/h6-8,10-13H,5,9H2,1-4H3,(H,23,27)/t13-/m0/s1. The van der Waals surface area contributed by atoms with Gasteiger partial charge < -0.3 is 5.32 Å². The minimum Gasteiger partial charge on any atom is -0.345 e. The van der Waals surface area contributed by atoms with Gasteiger partial charge in [0.05, 0.1) is 29.2 Å². The van der Waals surface area contributed by atoms with Gasteiger partial charge in [-0.3, -0.25) is 9.48 Å². The first kappa shape index (κ1) is 18.8. The molecule has 0 bridgehead atoms. The maximum atomic E-state index is 13.5. The van der Waals surface area contributed by atoms with E-state index in [1.54, 1.807) is 33.9 Å². The minimum atomic E-state index is -0.315. The second-order valence-corrected chi connectivity index (χ2v) is 6.66. The molecule has 1 aromatic carbocycles. The normalized spacial score (nSPS) is 12.2. The van der Waals surface area contributed by atoms with Crippen LogP contribution in [0.4, 0.5) is 4.39 Å². The number of hydrogen-bond donors (Lipinski definition) is 1. The number of rotatable bonds is 6. The molecule has 6 nitrogen and oxygen atoms in total. The summed E-state index contributed by atoms with van der Waals surface area (Å²) >= 11 is 0. The van der Waals surface area contributed by atoms with Crippen LogP contribution in [-0.4, -0.2) is 25.5 Å². The number of aryl methyl sites for hydroxylation is 2. The van der Waals surface area contributed by atoms with Crippen molar-refractivity contribution in [1.82, 2.24) is 24.9 Å². The highest BCUT2D eigenvalue weighted by Crippen LogP contribution is 2.21. The van der Waals surface area contributed by atoms with Crippen molar-refractivity contribution in [2.24, 2.45) is 0 Å². The lowest BCUT2D eigenvalue weighted by Crippen LogP contribution is -2.27. The van der Waals surface area contributed by atoms with Gasteiger partial charge in [0.25, 0.3) is 5.91 Å². The summed E-state index contributed by atoms with van der Waals surface area (Å²) < 4.78 is 17.0. The Balaban J connectivity index is 1.79. The van der Waals surface area contributed by atoms with Gasteiger partial charge in [0.15, 0.2) is 0 Å². The highest BCUT2D eigenvalue weighted by atomic mass is 19.1. The smallest absolute Gasteiger partial charge is 0.255 e. The number of halogens is 1. The molecule has 0 spiro atoms. The van der Waals surface area contributed by atoms with Crippen molar-refractivity contribution in [2.45, 2.75) is 46.7 Å². The maximum Gasteiger partial charge on any atom is 0.255 e. The van der Waals surface area contributed by atoms with Gasteiger partial charge in [0.1, 0.15) is 5.82 Å². The fourth-order valence-electron chi connectivity index (χ4n) is 3.15. The molecule has 0 saturated heterocycles. The van der Waals surface area contributed by atoms with Crippen molar-refractivity contribution in [3.8, 4) is 5.69 Å².